The summed E-state index contributed by atoms with van der Waals surface area (Å²) in [5, 5.41) is 0. The molecule has 0 radical (unpaired) electrons. The van der Waals surface area contributed by atoms with Crippen molar-refractivity contribution < 1.29 is 0 Å². The molecule has 3 heteroatoms. The maximum absolute atomic E-state index is 2.46. The van der Waals surface area contributed by atoms with Gasteiger partial charge in [-0.25, -0.2) is 0 Å². The highest BCUT2D eigenvalue weighted by atomic mass is 28.2. The van der Waals surface area contributed by atoms with Crippen molar-refractivity contribution in [3.63, 3.8) is 0 Å². The molecule has 0 atom stereocenters. The zero-order valence-corrected chi connectivity index (χ0v) is 8.45. The fourth-order valence-corrected chi connectivity index (χ4v) is 2.76. The van der Waals surface area contributed by atoms with Crippen LogP contribution in [0.3, 0.4) is 0 Å². The van der Waals surface area contributed by atoms with Gasteiger partial charge in [-0.05, 0) is 13.0 Å². The largest absolute Gasteiger partial charge is 0.393 e. The van der Waals surface area contributed by atoms with Crippen molar-refractivity contribution in [2.75, 3.05) is 13.6 Å². The molecule has 1 rings (SSSR count). The molecule has 0 amide bonds. The van der Waals surface area contributed by atoms with Crippen LogP contribution in [-0.2, 0) is 0 Å². The minimum absolute atomic E-state index is 0.106. The van der Waals surface area contributed by atoms with Crippen LogP contribution < -0.4 is 0 Å². The maximum Gasteiger partial charge on any atom is 0.229 e. The average molecular weight is 156 g/mol. The fourth-order valence-electron chi connectivity index (χ4n) is 1.18. The van der Waals surface area contributed by atoms with E-state index in [0.29, 0.717) is 0 Å². The van der Waals surface area contributed by atoms with Gasteiger partial charge in [0.1, 0.15) is 0 Å². The summed E-state index contributed by atoms with van der Waals surface area (Å²) in [4.78, 5) is 0. The van der Waals surface area contributed by atoms with Gasteiger partial charge < -0.3 is 9.13 Å². The van der Waals surface area contributed by atoms with E-state index >= 15 is 0 Å². The minimum Gasteiger partial charge on any atom is -0.393 e. The third-order valence-electron chi connectivity index (χ3n) is 1.54. The van der Waals surface area contributed by atoms with Gasteiger partial charge in [0.15, 0.2) is 0 Å². The van der Waals surface area contributed by atoms with Crippen molar-refractivity contribution in [3.05, 3.63) is 12.4 Å². The third kappa shape index (κ3) is 2.06. The van der Waals surface area contributed by atoms with Crippen molar-refractivity contribution >= 4 is 9.84 Å². The van der Waals surface area contributed by atoms with E-state index in [4.69, 9.17) is 0 Å². The molecule has 2 nitrogen and oxygen atoms in total. The molecule has 0 aromatic heterocycles. The van der Waals surface area contributed by atoms with Crippen molar-refractivity contribution in [1.82, 2.24) is 9.13 Å². The zero-order valence-electron chi connectivity index (χ0n) is 7.04. The second-order valence-electron chi connectivity index (χ2n) is 3.36. The van der Waals surface area contributed by atoms with E-state index in [1.807, 2.05) is 0 Å². The topological polar surface area (TPSA) is 6.48 Å². The minimum atomic E-state index is -0.106. The number of rotatable bonds is 2. The van der Waals surface area contributed by atoms with Crippen LogP contribution in [0.25, 0.3) is 0 Å². The SMILES string of the molecule is CC(C)CN1C=CN(C)[SiH2]1. The van der Waals surface area contributed by atoms with Crippen LogP contribution >= 0.6 is 0 Å². The van der Waals surface area contributed by atoms with Gasteiger partial charge in [-0.2, -0.15) is 0 Å². The predicted octanol–water partition coefficient (Wildman–Crippen LogP) is 0.360. The van der Waals surface area contributed by atoms with Gasteiger partial charge in [-0.1, -0.05) is 13.8 Å². The summed E-state index contributed by atoms with van der Waals surface area (Å²) in [5.41, 5.74) is 0. The molecule has 0 fully saturated rings. The third-order valence-corrected chi connectivity index (χ3v) is 3.03. The molecule has 1 aliphatic rings. The summed E-state index contributed by atoms with van der Waals surface area (Å²) in [7, 11) is 2.05. The lowest BCUT2D eigenvalue weighted by molar-refractivity contribution is 0.474. The molecule has 0 saturated carbocycles. The Morgan fingerprint density at radius 3 is 2.50 bits per heavy atom. The summed E-state index contributed by atoms with van der Waals surface area (Å²) in [6.07, 6.45) is 4.39. The highest BCUT2D eigenvalue weighted by Gasteiger charge is 2.09. The van der Waals surface area contributed by atoms with Gasteiger partial charge in [0, 0.05) is 18.9 Å². The van der Waals surface area contributed by atoms with Crippen LogP contribution in [0.5, 0.6) is 0 Å². The van der Waals surface area contributed by atoms with E-state index < -0.39 is 0 Å². The lowest BCUT2D eigenvalue weighted by Crippen LogP contribution is -2.29. The summed E-state index contributed by atoms with van der Waals surface area (Å²) in [6.45, 7) is 5.76. The zero-order chi connectivity index (χ0) is 7.56. The molecule has 0 unspecified atom stereocenters. The fraction of sp³-hybridized carbons (Fsp3) is 0.714. The lowest BCUT2D eigenvalue weighted by Gasteiger charge is -2.19. The Morgan fingerprint density at radius 1 is 1.40 bits per heavy atom. The standard InChI is InChI=1S/C7H16N2Si/c1-7(2)6-9-5-4-8(3)10-9/h4-5,7H,6,10H2,1-3H3. The average Bonchev–Trinajstić information content (AvgIpc) is 2.13. The molecule has 10 heavy (non-hydrogen) atoms. The van der Waals surface area contributed by atoms with Crippen LogP contribution in [0, 0.1) is 5.92 Å². The van der Waals surface area contributed by atoms with Crippen molar-refractivity contribution in [1.29, 1.82) is 0 Å². The Kier molecular flexibility index (Phi) is 2.37. The van der Waals surface area contributed by atoms with Gasteiger partial charge in [-0.15, -0.1) is 0 Å². The van der Waals surface area contributed by atoms with Crippen LogP contribution in [0.15, 0.2) is 12.4 Å². The Hall–Kier alpha value is -0.443. The van der Waals surface area contributed by atoms with E-state index in [2.05, 4.69) is 42.4 Å². The Bertz CT molecular complexity index is 134. The van der Waals surface area contributed by atoms with E-state index in [0.717, 1.165) is 5.92 Å². The van der Waals surface area contributed by atoms with Crippen molar-refractivity contribution in [2.45, 2.75) is 13.8 Å². The van der Waals surface area contributed by atoms with Gasteiger partial charge in [0.2, 0.25) is 9.84 Å². The van der Waals surface area contributed by atoms with Gasteiger partial charge in [-0.3, -0.25) is 0 Å². The lowest BCUT2D eigenvalue weighted by atomic mass is 10.2. The number of hydrogen-bond donors (Lipinski definition) is 0. The smallest absolute Gasteiger partial charge is 0.229 e. The highest BCUT2D eigenvalue weighted by molar-refractivity contribution is 6.30. The predicted molar refractivity (Wildman–Crippen MR) is 47.0 cm³/mol. The van der Waals surface area contributed by atoms with Crippen molar-refractivity contribution in [3.8, 4) is 0 Å². The van der Waals surface area contributed by atoms with E-state index in [-0.39, 0.29) is 9.84 Å². The first-order chi connectivity index (χ1) is 4.68. The number of nitrogens with zero attached hydrogens (tertiary/aromatic N) is 2. The molecule has 0 aromatic carbocycles. The number of hydrogen-bond acceptors (Lipinski definition) is 2. The normalized spacial score (nSPS) is 20.0. The summed E-state index contributed by atoms with van der Waals surface area (Å²) in [6, 6.07) is 0. The van der Waals surface area contributed by atoms with Crippen LogP contribution in [0.1, 0.15) is 13.8 Å². The molecule has 1 aliphatic heterocycles. The molecule has 0 aliphatic carbocycles. The Balaban J connectivity index is 2.26. The molecule has 0 bridgehead atoms. The Labute approximate surface area is 65.5 Å². The monoisotopic (exact) mass is 156 g/mol. The second kappa shape index (κ2) is 3.10. The first kappa shape index (κ1) is 7.66. The van der Waals surface area contributed by atoms with Gasteiger partial charge in [0.05, 0.1) is 0 Å². The molecular weight excluding hydrogens is 140 g/mol. The summed E-state index contributed by atoms with van der Waals surface area (Å²) in [5.74, 6) is 0.795. The first-order valence-electron chi connectivity index (χ1n) is 3.81. The summed E-state index contributed by atoms with van der Waals surface area (Å²) < 4.78 is 4.78. The molecule has 58 valence electrons. The molecule has 0 saturated heterocycles. The van der Waals surface area contributed by atoms with E-state index in [9.17, 15) is 0 Å². The van der Waals surface area contributed by atoms with Gasteiger partial charge in [0.25, 0.3) is 0 Å². The maximum atomic E-state index is 2.46. The van der Waals surface area contributed by atoms with Crippen molar-refractivity contribution in [2.24, 2.45) is 5.92 Å². The van der Waals surface area contributed by atoms with E-state index in [1.165, 1.54) is 6.54 Å². The van der Waals surface area contributed by atoms with Gasteiger partial charge >= 0.3 is 0 Å². The molecule has 1 heterocycles. The van der Waals surface area contributed by atoms with Crippen LogP contribution in [-0.4, -0.2) is 32.6 Å². The highest BCUT2D eigenvalue weighted by Crippen LogP contribution is 2.04. The second-order valence-corrected chi connectivity index (χ2v) is 5.45. The quantitative estimate of drug-likeness (QED) is 0.533. The van der Waals surface area contributed by atoms with Crippen LogP contribution in [0.4, 0.5) is 0 Å². The summed E-state index contributed by atoms with van der Waals surface area (Å²) >= 11 is 0. The first-order valence-corrected chi connectivity index (χ1v) is 5.07. The molecular formula is C7H16N2Si. The molecule has 0 aromatic rings. The molecule has 0 N–H and O–H groups in total. The molecule has 0 spiro atoms. The Morgan fingerprint density at radius 2 is 2.10 bits per heavy atom. The van der Waals surface area contributed by atoms with Crippen LogP contribution in [0.2, 0.25) is 0 Å². The van der Waals surface area contributed by atoms with E-state index in [1.54, 1.807) is 0 Å².